The minimum atomic E-state index is -2.90. The topological polar surface area (TPSA) is 69.9 Å². The van der Waals surface area contributed by atoms with Gasteiger partial charge in [-0.15, -0.1) is 4.99 Å². The minimum Gasteiger partial charge on any atom is -0.483 e. The van der Waals surface area contributed by atoms with E-state index in [1.54, 1.807) is 12.3 Å². The second kappa shape index (κ2) is 6.59. The van der Waals surface area contributed by atoms with Gasteiger partial charge in [0.15, 0.2) is 0 Å². The maximum atomic E-state index is 12.5. The van der Waals surface area contributed by atoms with Gasteiger partial charge in [0, 0.05) is 18.7 Å². The third-order valence-electron chi connectivity index (χ3n) is 3.85. The SMILES string of the molecule is CC1(C)C=C(N2CCCNC2=NC#N)c2cc(OC(F)F)ccc2O1. The minimum absolute atomic E-state index is 0.0479. The van der Waals surface area contributed by atoms with E-state index in [4.69, 9.17) is 10.00 Å². The van der Waals surface area contributed by atoms with Crippen molar-refractivity contribution in [1.82, 2.24) is 10.2 Å². The maximum absolute atomic E-state index is 12.5. The molecular weight excluding hydrogens is 330 g/mol. The molecule has 132 valence electrons. The van der Waals surface area contributed by atoms with Crippen LogP contribution in [0.25, 0.3) is 5.70 Å². The van der Waals surface area contributed by atoms with Crippen molar-refractivity contribution in [2.75, 3.05) is 13.1 Å². The Kier molecular flexibility index (Phi) is 4.49. The number of hydrogen-bond acceptors (Lipinski definition) is 4. The van der Waals surface area contributed by atoms with Gasteiger partial charge in [0.1, 0.15) is 17.1 Å². The molecule has 3 rings (SSSR count). The number of nitriles is 1. The number of fused-ring (bicyclic) bond motifs is 1. The molecule has 1 saturated heterocycles. The number of alkyl halides is 2. The zero-order valence-electron chi connectivity index (χ0n) is 13.9. The Hall–Kier alpha value is -2.82. The van der Waals surface area contributed by atoms with Crippen LogP contribution in [0.2, 0.25) is 0 Å². The van der Waals surface area contributed by atoms with Gasteiger partial charge in [0.2, 0.25) is 12.2 Å². The summed E-state index contributed by atoms with van der Waals surface area (Å²) < 4.78 is 35.5. The molecule has 1 N–H and O–H groups in total. The Morgan fingerprint density at radius 1 is 1.44 bits per heavy atom. The standard InChI is InChI=1S/C17H18F2N4O2/c1-17(2)9-13(23-7-3-6-21-16(23)22-10-20)12-8-11(24-15(18)19)4-5-14(12)25-17/h4-5,8-9,15H,3,6-7H2,1-2H3,(H,21,22). The van der Waals surface area contributed by atoms with Crippen LogP contribution in [0.5, 0.6) is 11.5 Å². The Bertz CT molecular complexity index is 768. The van der Waals surface area contributed by atoms with Crippen molar-refractivity contribution in [3.63, 3.8) is 0 Å². The number of nitrogens with one attached hydrogen (secondary N) is 1. The molecule has 1 fully saturated rings. The first-order valence-electron chi connectivity index (χ1n) is 7.89. The Morgan fingerprint density at radius 2 is 2.24 bits per heavy atom. The summed E-state index contributed by atoms with van der Waals surface area (Å²) in [5.74, 6) is 1.04. The molecule has 0 saturated carbocycles. The fraction of sp³-hybridized carbons (Fsp3) is 0.412. The van der Waals surface area contributed by atoms with Crippen LogP contribution in [0.3, 0.4) is 0 Å². The zero-order valence-corrected chi connectivity index (χ0v) is 13.9. The molecule has 1 aromatic rings. The predicted molar refractivity (Wildman–Crippen MR) is 88.1 cm³/mol. The average molecular weight is 348 g/mol. The summed E-state index contributed by atoms with van der Waals surface area (Å²) in [6, 6.07) is 4.57. The van der Waals surface area contributed by atoms with Crippen LogP contribution in [0.4, 0.5) is 8.78 Å². The Labute approximate surface area is 144 Å². The number of halogens is 2. The van der Waals surface area contributed by atoms with Crippen LogP contribution < -0.4 is 14.8 Å². The van der Waals surface area contributed by atoms with Crippen LogP contribution in [-0.4, -0.2) is 36.2 Å². The van der Waals surface area contributed by atoms with E-state index in [9.17, 15) is 8.78 Å². The average Bonchev–Trinajstić information content (AvgIpc) is 2.54. The van der Waals surface area contributed by atoms with E-state index in [0.29, 0.717) is 30.4 Å². The number of hydrogen-bond donors (Lipinski definition) is 1. The highest BCUT2D eigenvalue weighted by Crippen LogP contribution is 2.40. The number of guanidine groups is 1. The van der Waals surface area contributed by atoms with Crippen molar-refractivity contribution in [3.8, 4) is 17.7 Å². The normalized spacial score (nSPS) is 20.2. The lowest BCUT2D eigenvalue weighted by molar-refractivity contribution is -0.0499. The highest BCUT2D eigenvalue weighted by molar-refractivity contribution is 5.92. The van der Waals surface area contributed by atoms with Crippen molar-refractivity contribution in [1.29, 1.82) is 5.26 Å². The number of benzene rings is 1. The predicted octanol–water partition coefficient (Wildman–Crippen LogP) is 2.93. The molecule has 0 aliphatic carbocycles. The first-order valence-corrected chi connectivity index (χ1v) is 7.89. The van der Waals surface area contributed by atoms with Gasteiger partial charge >= 0.3 is 6.61 Å². The van der Waals surface area contributed by atoms with E-state index in [0.717, 1.165) is 12.1 Å². The quantitative estimate of drug-likeness (QED) is 0.851. The summed E-state index contributed by atoms with van der Waals surface area (Å²) in [5, 5.41) is 12.0. The van der Waals surface area contributed by atoms with E-state index in [1.807, 2.05) is 24.8 Å². The second-order valence-electron chi connectivity index (χ2n) is 6.24. The summed E-state index contributed by atoms with van der Waals surface area (Å²) in [5.41, 5.74) is 0.766. The molecule has 1 aromatic carbocycles. The highest BCUT2D eigenvalue weighted by Gasteiger charge is 2.32. The molecule has 2 aliphatic rings. The zero-order chi connectivity index (χ0) is 18.0. The fourth-order valence-corrected chi connectivity index (χ4v) is 2.94. The van der Waals surface area contributed by atoms with Crippen LogP contribution in [0.15, 0.2) is 29.3 Å². The number of aliphatic imine (C=N–C) groups is 1. The molecule has 2 heterocycles. The van der Waals surface area contributed by atoms with E-state index < -0.39 is 12.2 Å². The van der Waals surface area contributed by atoms with Gasteiger partial charge in [-0.3, -0.25) is 0 Å². The monoisotopic (exact) mass is 348 g/mol. The summed E-state index contributed by atoms with van der Waals surface area (Å²) in [6.45, 7) is 2.26. The lowest BCUT2D eigenvalue weighted by Gasteiger charge is -2.38. The van der Waals surface area contributed by atoms with Crippen LogP contribution >= 0.6 is 0 Å². The fourth-order valence-electron chi connectivity index (χ4n) is 2.94. The molecule has 0 spiro atoms. The maximum Gasteiger partial charge on any atom is 0.387 e. The molecule has 0 aromatic heterocycles. The molecule has 25 heavy (non-hydrogen) atoms. The van der Waals surface area contributed by atoms with E-state index in [2.05, 4.69) is 15.0 Å². The van der Waals surface area contributed by atoms with Gasteiger partial charge in [0.05, 0.1) is 5.70 Å². The molecule has 0 amide bonds. The molecule has 8 heteroatoms. The molecule has 2 aliphatic heterocycles. The number of ether oxygens (including phenoxy) is 2. The van der Waals surface area contributed by atoms with Gasteiger partial charge < -0.3 is 19.7 Å². The Balaban J connectivity index is 2.07. The van der Waals surface area contributed by atoms with E-state index >= 15 is 0 Å². The van der Waals surface area contributed by atoms with Crippen molar-refractivity contribution in [2.45, 2.75) is 32.5 Å². The second-order valence-corrected chi connectivity index (χ2v) is 6.24. The number of rotatable bonds is 3. The third kappa shape index (κ3) is 3.65. The Morgan fingerprint density at radius 3 is 2.96 bits per heavy atom. The largest absolute Gasteiger partial charge is 0.483 e. The summed E-state index contributed by atoms with van der Waals surface area (Å²) in [6.07, 6.45) is 4.53. The molecule has 6 nitrogen and oxygen atoms in total. The van der Waals surface area contributed by atoms with Gasteiger partial charge in [0.25, 0.3) is 0 Å². The van der Waals surface area contributed by atoms with E-state index in [-0.39, 0.29) is 5.75 Å². The van der Waals surface area contributed by atoms with Crippen LogP contribution in [0.1, 0.15) is 25.8 Å². The van der Waals surface area contributed by atoms with Gasteiger partial charge in [-0.05, 0) is 44.5 Å². The molecule has 0 radical (unpaired) electrons. The van der Waals surface area contributed by atoms with Gasteiger partial charge in [-0.2, -0.15) is 14.0 Å². The lowest BCUT2D eigenvalue weighted by atomic mass is 9.97. The third-order valence-corrected chi connectivity index (χ3v) is 3.85. The van der Waals surface area contributed by atoms with Crippen LogP contribution in [0, 0.1) is 11.5 Å². The van der Waals surface area contributed by atoms with Crippen molar-refractivity contribution < 1.29 is 18.3 Å². The summed E-state index contributed by atoms with van der Waals surface area (Å²) in [4.78, 5) is 5.70. The molecule has 0 unspecified atom stereocenters. The van der Waals surface area contributed by atoms with Crippen molar-refractivity contribution in [3.05, 3.63) is 29.8 Å². The van der Waals surface area contributed by atoms with Crippen molar-refractivity contribution >= 4 is 11.7 Å². The van der Waals surface area contributed by atoms with Gasteiger partial charge in [-0.25, -0.2) is 0 Å². The van der Waals surface area contributed by atoms with Crippen molar-refractivity contribution in [2.24, 2.45) is 4.99 Å². The lowest BCUT2D eigenvalue weighted by Crippen LogP contribution is -2.47. The number of nitrogens with zero attached hydrogens (tertiary/aromatic N) is 3. The smallest absolute Gasteiger partial charge is 0.387 e. The molecule has 0 bridgehead atoms. The molecule has 0 atom stereocenters. The first kappa shape index (κ1) is 17.0. The van der Waals surface area contributed by atoms with Gasteiger partial charge in [-0.1, -0.05) is 0 Å². The highest BCUT2D eigenvalue weighted by atomic mass is 19.3. The summed E-state index contributed by atoms with van der Waals surface area (Å²) in [7, 11) is 0. The first-order chi connectivity index (χ1) is 11.9. The van der Waals surface area contributed by atoms with Crippen LogP contribution in [-0.2, 0) is 0 Å². The molecular formula is C17H18F2N4O2. The summed E-state index contributed by atoms with van der Waals surface area (Å²) >= 11 is 0. The van der Waals surface area contributed by atoms with E-state index in [1.165, 1.54) is 12.1 Å².